The molecule has 0 unspecified atom stereocenters. The molecule has 2 aliphatic heterocycles. The van der Waals surface area contributed by atoms with Crippen LogP contribution in [0.25, 0.3) is 0 Å². The fourth-order valence-electron chi connectivity index (χ4n) is 3.50. The van der Waals surface area contributed by atoms with E-state index in [0.717, 1.165) is 24.1 Å². The van der Waals surface area contributed by atoms with Gasteiger partial charge in [-0.1, -0.05) is 23.7 Å². The third-order valence-corrected chi connectivity index (χ3v) is 5.17. The lowest BCUT2D eigenvalue weighted by molar-refractivity contribution is -0.121. The summed E-state index contributed by atoms with van der Waals surface area (Å²) in [4.78, 5) is 14.7. The number of fused-ring (bicyclic) bond motifs is 1. The second-order valence-corrected chi connectivity index (χ2v) is 6.96. The van der Waals surface area contributed by atoms with Gasteiger partial charge in [-0.25, -0.2) is 0 Å². The Morgan fingerprint density at radius 3 is 2.96 bits per heavy atom. The number of nitrogens with zero attached hydrogens (tertiary/aromatic N) is 1. The molecule has 0 aromatic heterocycles. The van der Waals surface area contributed by atoms with Crippen molar-refractivity contribution in [2.45, 2.75) is 25.4 Å². The van der Waals surface area contributed by atoms with Gasteiger partial charge >= 0.3 is 0 Å². The Morgan fingerprint density at radius 2 is 2.15 bits per heavy atom. The highest BCUT2D eigenvalue weighted by molar-refractivity contribution is 6.33. The molecule has 4 rings (SSSR count). The Labute approximate surface area is 163 Å². The maximum atomic E-state index is 12.9. The molecule has 2 aromatic carbocycles. The van der Waals surface area contributed by atoms with E-state index in [1.165, 1.54) is 0 Å². The second-order valence-electron chi connectivity index (χ2n) is 6.55. The molecule has 2 heterocycles. The number of rotatable bonds is 5. The van der Waals surface area contributed by atoms with Gasteiger partial charge in [0.25, 0.3) is 0 Å². The van der Waals surface area contributed by atoms with Crippen LogP contribution in [-0.2, 0) is 11.3 Å². The maximum Gasteiger partial charge on any atom is 0.244 e. The van der Waals surface area contributed by atoms with Crippen LogP contribution in [0.15, 0.2) is 36.4 Å². The van der Waals surface area contributed by atoms with Crippen molar-refractivity contribution in [3.63, 3.8) is 0 Å². The Balaban J connectivity index is 1.47. The molecule has 1 fully saturated rings. The van der Waals surface area contributed by atoms with Crippen LogP contribution in [0.5, 0.6) is 17.2 Å². The average molecular weight is 389 g/mol. The van der Waals surface area contributed by atoms with Gasteiger partial charge in [-0.2, -0.15) is 0 Å². The molecule has 2 aliphatic rings. The maximum absolute atomic E-state index is 12.9. The Kier molecular flexibility index (Phi) is 5.09. The molecule has 0 radical (unpaired) electrons. The SMILES string of the molecule is COc1cc(CN[C@H]2CCCN(c3ccccc3Cl)C2=O)cc2c1OCO2. The molecule has 1 saturated heterocycles. The minimum absolute atomic E-state index is 0.0436. The summed E-state index contributed by atoms with van der Waals surface area (Å²) < 4.78 is 16.3. The van der Waals surface area contributed by atoms with E-state index in [1.807, 2.05) is 30.3 Å². The van der Waals surface area contributed by atoms with Crippen molar-refractivity contribution in [3.8, 4) is 17.2 Å². The van der Waals surface area contributed by atoms with Gasteiger partial charge in [0, 0.05) is 13.1 Å². The van der Waals surface area contributed by atoms with E-state index in [2.05, 4.69) is 5.32 Å². The van der Waals surface area contributed by atoms with Gasteiger partial charge in [-0.05, 0) is 42.7 Å². The summed E-state index contributed by atoms with van der Waals surface area (Å²) in [7, 11) is 1.60. The summed E-state index contributed by atoms with van der Waals surface area (Å²) in [6.07, 6.45) is 1.71. The molecule has 27 heavy (non-hydrogen) atoms. The minimum atomic E-state index is -0.258. The number of ether oxygens (including phenoxy) is 3. The number of nitrogens with one attached hydrogen (secondary N) is 1. The first-order valence-corrected chi connectivity index (χ1v) is 9.31. The number of anilines is 1. The van der Waals surface area contributed by atoms with Gasteiger partial charge in [0.2, 0.25) is 18.4 Å². The Morgan fingerprint density at radius 1 is 1.30 bits per heavy atom. The lowest BCUT2D eigenvalue weighted by atomic mass is 10.0. The van der Waals surface area contributed by atoms with E-state index in [4.69, 9.17) is 25.8 Å². The van der Waals surface area contributed by atoms with E-state index in [1.54, 1.807) is 18.1 Å². The molecule has 142 valence electrons. The summed E-state index contributed by atoms with van der Waals surface area (Å²) in [6.45, 7) is 1.40. The van der Waals surface area contributed by atoms with Crippen LogP contribution in [-0.4, -0.2) is 32.4 Å². The minimum Gasteiger partial charge on any atom is -0.493 e. The third-order valence-electron chi connectivity index (χ3n) is 4.85. The number of methoxy groups -OCH3 is 1. The third kappa shape index (κ3) is 3.55. The molecule has 0 saturated carbocycles. The van der Waals surface area contributed by atoms with Crippen molar-refractivity contribution in [2.24, 2.45) is 0 Å². The lowest BCUT2D eigenvalue weighted by Crippen LogP contribution is -2.50. The largest absolute Gasteiger partial charge is 0.493 e. The van der Waals surface area contributed by atoms with Crippen molar-refractivity contribution in [3.05, 3.63) is 47.0 Å². The zero-order valence-electron chi connectivity index (χ0n) is 15.0. The smallest absolute Gasteiger partial charge is 0.244 e. The highest BCUT2D eigenvalue weighted by Crippen LogP contribution is 2.41. The number of benzene rings is 2. The van der Waals surface area contributed by atoms with Crippen molar-refractivity contribution in [1.29, 1.82) is 0 Å². The average Bonchev–Trinajstić information content (AvgIpc) is 3.16. The molecule has 6 nitrogen and oxygen atoms in total. The summed E-state index contributed by atoms with van der Waals surface area (Å²) >= 11 is 6.28. The van der Waals surface area contributed by atoms with Gasteiger partial charge in [0.15, 0.2) is 11.5 Å². The van der Waals surface area contributed by atoms with E-state index in [9.17, 15) is 4.79 Å². The van der Waals surface area contributed by atoms with Crippen molar-refractivity contribution >= 4 is 23.2 Å². The summed E-state index contributed by atoms with van der Waals surface area (Å²) in [6, 6.07) is 11.0. The van der Waals surface area contributed by atoms with Crippen molar-refractivity contribution < 1.29 is 19.0 Å². The first kappa shape index (κ1) is 17.9. The number of piperidine rings is 1. The van der Waals surface area contributed by atoms with E-state index in [-0.39, 0.29) is 18.7 Å². The van der Waals surface area contributed by atoms with Gasteiger partial charge < -0.3 is 24.4 Å². The first-order valence-electron chi connectivity index (χ1n) is 8.93. The van der Waals surface area contributed by atoms with Crippen LogP contribution < -0.4 is 24.4 Å². The van der Waals surface area contributed by atoms with Crippen LogP contribution >= 0.6 is 11.6 Å². The van der Waals surface area contributed by atoms with E-state index >= 15 is 0 Å². The van der Waals surface area contributed by atoms with Crippen LogP contribution in [0.4, 0.5) is 5.69 Å². The standard InChI is InChI=1S/C20H21ClN2O4/c1-25-17-9-13(10-18-19(17)27-12-26-18)11-22-15-6-4-8-23(20(15)24)16-7-3-2-5-14(16)21/h2-3,5,7,9-10,15,22H,4,6,8,11-12H2,1H3/t15-/m0/s1. The second kappa shape index (κ2) is 7.66. The molecule has 1 N–H and O–H groups in total. The number of halogens is 1. The fourth-order valence-corrected chi connectivity index (χ4v) is 3.74. The van der Waals surface area contributed by atoms with Crippen LogP contribution in [0.1, 0.15) is 18.4 Å². The molecule has 1 atom stereocenters. The molecular weight excluding hydrogens is 368 g/mol. The van der Waals surface area contributed by atoms with Gasteiger partial charge in [0.1, 0.15) is 0 Å². The number of hydrogen-bond acceptors (Lipinski definition) is 5. The quantitative estimate of drug-likeness (QED) is 0.851. The normalized spacial score (nSPS) is 18.7. The molecule has 0 aliphatic carbocycles. The van der Waals surface area contributed by atoms with Crippen LogP contribution in [0, 0.1) is 0 Å². The molecule has 7 heteroatoms. The molecular formula is C20H21ClN2O4. The number of carbonyl (C=O) groups excluding carboxylic acids is 1. The Hall–Kier alpha value is -2.44. The molecule has 2 aromatic rings. The fraction of sp³-hybridized carbons (Fsp3) is 0.350. The number of carbonyl (C=O) groups is 1. The summed E-state index contributed by atoms with van der Waals surface area (Å²) in [5.41, 5.74) is 1.74. The van der Waals surface area contributed by atoms with Gasteiger partial charge in [-0.3, -0.25) is 4.79 Å². The highest BCUT2D eigenvalue weighted by atomic mass is 35.5. The predicted molar refractivity (Wildman–Crippen MR) is 103 cm³/mol. The van der Waals surface area contributed by atoms with Gasteiger partial charge in [0.05, 0.1) is 23.9 Å². The topological polar surface area (TPSA) is 60.0 Å². The molecule has 0 bridgehead atoms. The Bertz CT molecular complexity index is 858. The number of para-hydroxylation sites is 1. The van der Waals surface area contributed by atoms with Crippen LogP contribution in [0.2, 0.25) is 5.02 Å². The van der Waals surface area contributed by atoms with E-state index in [0.29, 0.717) is 35.4 Å². The number of hydrogen-bond donors (Lipinski definition) is 1. The number of amides is 1. The monoisotopic (exact) mass is 388 g/mol. The first-order chi connectivity index (χ1) is 13.2. The summed E-state index contributed by atoms with van der Waals surface area (Å²) in [5.74, 6) is 1.97. The van der Waals surface area contributed by atoms with Crippen molar-refractivity contribution in [2.75, 3.05) is 25.3 Å². The molecule has 0 spiro atoms. The highest BCUT2D eigenvalue weighted by Gasteiger charge is 2.30. The van der Waals surface area contributed by atoms with E-state index < -0.39 is 0 Å². The van der Waals surface area contributed by atoms with Crippen LogP contribution in [0.3, 0.4) is 0 Å². The van der Waals surface area contributed by atoms with Crippen molar-refractivity contribution in [1.82, 2.24) is 5.32 Å². The summed E-state index contributed by atoms with van der Waals surface area (Å²) in [5, 5.41) is 3.95. The molecule has 1 amide bonds. The van der Waals surface area contributed by atoms with Gasteiger partial charge in [-0.15, -0.1) is 0 Å². The lowest BCUT2D eigenvalue weighted by Gasteiger charge is -2.33. The zero-order valence-corrected chi connectivity index (χ0v) is 15.8. The predicted octanol–water partition coefficient (Wildman–Crippen LogP) is 3.36. The zero-order chi connectivity index (χ0) is 18.8.